The number of carbonyl (C=O) groups excluding carboxylic acids is 1. The molecule has 1 saturated heterocycles. The Hall–Kier alpha value is -1.43. The molecule has 0 aromatic heterocycles. The molecule has 1 amide bonds. The third-order valence-electron chi connectivity index (χ3n) is 3.93. The van der Waals surface area contributed by atoms with Gasteiger partial charge in [-0.25, -0.2) is 0 Å². The van der Waals surface area contributed by atoms with Crippen molar-refractivity contribution in [3.05, 3.63) is 35.9 Å². The predicted octanol–water partition coefficient (Wildman–Crippen LogP) is 0.641. The number of benzene rings is 1. The SMILES string of the molecule is CC(CNC(=O)C(N)Cc1ccccc1)CN1CCOCC1. The minimum atomic E-state index is -0.488. The van der Waals surface area contributed by atoms with Gasteiger partial charge in [-0.2, -0.15) is 0 Å². The van der Waals surface area contributed by atoms with Crippen LogP contribution in [0.25, 0.3) is 0 Å². The zero-order valence-electron chi connectivity index (χ0n) is 13.3. The van der Waals surface area contributed by atoms with Crippen LogP contribution in [0, 0.1) is 5.92 Å². The van der Waals surface area contributed by atoms with Crippen LogP contribution in [0.3, 0.4) is 0 Å². The average molecular weight is 305 g/mol. The van der Waals surface area contributed by atoms with Crippen LogP contribution in [0.4, 0.5) is 0 Å². The maximum absolute atomic E-state index is 12.1. The first-order valence-corrected chi connectivity index (χ1v) is 8.02. The van der Waals surface area contributed by atoms with Crippen LogP contribution >= 0.6 is 0 Å². The Morgan fingerprint density at radius 2 is 2.00 bits per heavy atom. The van der Waals surface area contributed by atoms with E-state index in [4.69, 9.17) is 10.5 Å². The fourth-order valence-electron chi connectivity index (χ4n) is 2.66. The minimum absolute atomic E-state index is 0.0716. The van der Waals surface area contributed by atoms with Gasteiger partial charge in [-0.15, -0.1) is 0 Å². The van der Waals surface area contributed by atoms with E-state index in [1.54, 1.807) is 0 Å². The Labute approximate surface area is 132 Å². The van der Waals surface area contributed by atoms with Crippen molar-refractivity contribution in [2.24, 2.45) is 11.7 Å². The van der Waals surface area contributed by atoms with Crippen LogP contribution in [0.2, 0.25) is 0 Å². The number of ether oxygens (including phenoxy) is 1. The van der Waals surface area contributed by atoms with Gasteiger partial charge in [0.05, 0.1) is 19.3 Å². The van der Waals surface area contributed by atoms with Crippen LogP contribution in [-0.2, 0) is 16.0 Å². The standard InChI is InChI=1S/C17H27N3O2/c1-14(13-20-7-9-22-10-8-20)12-19-17(21)16(18)11-15-5-3-2-4-6-15/h2-6,14,16H,7-13,18H2,1H3,(H,19,21). The second-order valence-electron chi connectivity index (χ2n) is 6.06. The summed E-state index contributed by atoms with van der Waals surface area (Å²) in [5.74, 6) is 0.337. The monoisotopic (exact) mass is 305 g/mol. The molecule has 3 N–H and O–H groups in total. The number of hydrogen-bond donors (Lipinski definition) is 2. The number of nitrogens with one attached hydrogen (secondary N) is 1. The number of amides is 1. The van der Waals surface area contributed by atoms with Crippen molar-refractivity contribution >= 4 is 5.91 Å². The highest BCUT2D eigenvalue weighted by Crippen LogP contribution is 2.04. The lowest BCUT2D eigenvalue weighted by Gasteiger charge is -2.29. The van der Waals surface area contributed by atoms with Crippen molar-refractivity contribution in [2.75, 3.05) is 39.4 Å². The highest BCUT2D eigenvalue weighted by Gasteiger charge is 2.17. The highest BCUT2D eigenvalue weighted by molar-refractivity contribution is 5.81. The van der Waals surface area contributed by atoms with Gasteiger partial charge in [0.25, 0.3) is 0 Å². The molecule has 1 aliphatic rings. The normalized spacial score (nSPS) is 18.6. The Morgan fingerprint density at radius 3 is 2.68 bits per heavy atom. The summed E-state index contributed by atoms with van der Waals surface area (Å²) in [6, 6.07) is 9.39. The van der Waals surface area contributed by atoms with E-state index in [-0.39, 0.29) is 5.91 Å². The Kier molecular flexibility index (Phi) is 6.83. The number of hydrogen-bond acceptors (Lipinski definition) is 4. The highest BCUT2D eigenvalue weighted by atomic mass is 16.5. The second kappa shape index (κ2) is 8.88. The van der Waals surface area contributed by atoms with E-state index in [1.807, 2.05) is 30.3 Å². The maximum atomic E-state index is 12.1. The lowest BCUT2D eigenvalue weighted by molar-refractivity contribution is -0.122. The molecule has 2 unspecified atom stereocenters. The number of rotatable bonds is 7. The quantitative estimate of drug-likeness (QED) is 0.776. The topological polar surface area (TPSA) is 67.6 Å². The molecule has 1 heterocycles. The largest absolute Gasteiger partial charge is 0.379 e. The summed E-state index contributed by atoms with van der Waals surface area (Å²) in [6.07, 6.45) is 0.574. The van der Waals surface area contributed by atoms with Gasteiger partial charge >= 0.3 is 0 Å². The van der Waals surface area contributed by atoms with Crippen molar-refractivity contribution < 1.29 is 9.53 Å². The number of carbonyl (C=O) groups is 1. The molecule has 2 rings (SSSR count). The molecule has 122 valence electrons. The number of nitrogens with zero attached hydrogens (tertiary/aromatic N) is 1. The van der Waals surface area contributed by atoms with Crippen molar-refractivity contribution in [3.63, 3.8) is 0 Å². The fraction of sp³-hybridized carbons (Fsp3) is 0.588. The lowest BCUT2D eigenvalue weighted by Crippen LogP contribution is -2.45. The Morgan fingerprint density at radius 1 is 1.32 bits per heavy atom. The van der Waals surface area contributed by atoms with Crippen LogP contribution in [0.5, 0.6) is 0 Å². The summed E-state index contributed by atoms with van der Waals surface area (Å²) in [4.78, 5) is 14.5. The first kappa shape index (κ1) is 16.9. The van der Waals surface area contributed by atoms with Gasteiger partial charge in [0, 0.05) is 26.2 Å². The van der Waals surface area contributed by atoms with Gasteiger partial charge < -0.3 is 15.8 Å². The zero-order chi connectivity index (χ0) is 15.8. The summed E-state index contributed by atoms with van der Waals surface area (Å²) in [5, 5.41) is 2.97. The average Bonchev–Trinajstić information content (AvgIpc) is 2.54. The summed E-state index contributed by atoms with van der Waals surface area (Å²) in [5.41, 5.74) is 7.07. The molecule has 0 bridgehead atoms. The van der Waals surface area contributed by atoms with E-state index < -0.39 is 6.04 Å². The molecule has 1 aromatic carbocycles. The van der Waals surface area contributed by atoms with E-state index >= 15 is 0 Å². The first-order chi connectivity index (χ1) is 10.6. The van der Waals surface area contributed by atoms with Crippen LogP contribution in [0.1, 0.15) is 12.5 Å². The van der Waals surface area contributed by atoms with E-state index in [1.165, 1.54) is 0 Å². The van der Waals surface area contributed by atoms with Gasteiger partial charge in [-0.3, -0.25) is 9.69 Å². The molecule has 0 saturated carbocycles. The molecule has 1 fully saturated rings. The third kappa shape index (κ3) is 5.75. The maximum Gasteiger partial charge on any atom is 0.237 e. The van der Waals surface area contributed by atoms with Crippen molar-refractivity contribution in [2.45, 2.75) is 19.4 Å². The molecule has 1 aromatic rings. The molecule has 5 nitrogen and oxygen atoms in total. The van der Waals surface area contributed by atoms with Crippen molar-refractivity contribution in [1.82, 2.24) is 10.2 Å². The number of morpholine rings is 1. The first-order valence-electron chi connectivity index (χ1n) is 8.02. The molecular weight excluding hydrogens is 278 g/mol. The van der Waals surface area contributed by atoms with Gasteiger partial charge in [0.2, 0.25) is 5.91 Å². The van der Waals surface area contributed by atoms with E-state index in [9.17, 15) is 4.79 Å². The molecule has 2 atom stereocenters. The Bertz CT molecular complexity index is 446. The van der Waals surface area contributed by atoms with E-state index in [2.05, 4.69) is 17.1 Å². The summed E-state index contributed by atoms with van der Waals surface area (Å²) in [7, 11) is 0. The Balaban J connectivity index is 1.67. The van der Waals surface area contributed by atoms with Crippen LogP contribution in [-0.4, -0.2) is 56.2 Å². The summed E-state index contributed by atoms with van der Waals surface area (Å²) < 4.78 is 5.34. The smallest absolute Gasteiger partial charge is 0.237 e. The molecule has 0 radical (unpaired) electrons. The van der Waals surface area contributed by atoms with Gasteiger partial charge in [-0.05, 0) is 17.9 Å². The fourth-order valence-corrected chi connectivity index (χ4v) is 2.66. The van der Waals surface area contributed by atoms with Gasteiger partial charge in [0.15, 0.2) is 0 Å². The lowest BCUT2D eigenvalue weighted by atomic mass is 10.1. The third-order valence-corrected chi connectivity index (χ3v) is 3.93. The molecule has 0 aliphatic carbocycles. The van der Waals surface area contributed by atoms with Crippen LogP contribution in [0.15, 0.2) is 30.3 Å². The number of nitrogens with two attached hydrogens (primary N) is 1. The van der Waals surface area contributed by atoms with Crippen molar-refractivity contribution in [3.8, 4) is 0 Å². The van der Waals surface area contributed by atoms with Crippen LogP contribution < -0.4 is 11.1 Å². The predicted molar refractivity (Wildman–Crippen MR) is 87.6 cm³/mol. The molecule has 0 spiro atoms. The molecule has 22 heavy (non-hydrogen) atoms. The second-order valence-corrected chi connectivity index (χ2v) is 6.06. The van der Waals surface area contributed by atoms with E-state index in [0.717, 1.165) is 38.4 Å². The molecule has 1 aliphatic heterocycles. The van der Waals surface area contributed by atoms with Crippen molar-refractivity contribution in [1.29, 1.82) is 0 Å². The summed E-state index contributed by atoms with van der Waals surface area (Å²) in [6.45, 7) is 7.37. The van der Waals surface area contributed by atoms with Gasteiger partial charge in [0.1, 0.15) is 0 Å². The zero-order valence-corrected chi connectivity index (χ0v) is 13.3. The van der Waals surface area contributed by atoms with E-state index in [0.29, 0.717) is 18.9 Å². The van der Waals surface area contributed by atoms with Gasteiger partial charge in [-0.1, -0.05) is 37.3 Å². The minimum Gasteiger partial charge on any atom is -0.379 e. The molecular formula is C17H27N3O2. The molecule has 5 heteroatoms. The summed E-state index contributed by atoms with van der Waals surface area (Å²) >= 11 is 0.